The topological polar surface area (TPSA) is 305 Å². The monoisotopic (exact) mass is 1390 g/mol. The third-order valence-electron chi connectivity index (χ3n) is 18.6. The summed E-state index contributed by atoms with van der Waals surface area (Å²) in [6, 6.07) is 0. The second kappa shape index (κ2) is 41.1. The average Bonchev–Trinajstić information content (AvgIpc) is 0.775. The van der Waals surface area contributed by atoms with Crippen molar-refractivity contribution >= 4 is 0 Å². The van der Waals surface area contributed by atoms with Gasteiger partial charge in [-0.1, -0.05) is 0 Å². The maximum absolute atomic E-state index is 7.39. The van der Waals surface area contributed by atoms with Crippen LogP contribution in [0.1, 0.15) is 13.8 Å². The minimum Gasteiger partial charge on any atom is -0.382 e. The summed E-state index contributed by atoms with van der Waals surface area (Å²) < 4.78 is 210. The lowest BCUT2D eigenvalue weighted by molar-refractivity contribution is -0.416. The zero-order chi connectivity index (χ0) is 69.7. The molecule has 6 aliphatic rings. The van der Waals surface area contributed by atoms with Gasteiger partial charge in [-0.25, -0.2) is 0 Å². The van der Waals surface area contributed by atoms with Crippen molar-refractivity contribution in [1.82, 2.24) is 0 Å². The van der Waals surface area contributed by atoms with E-state index in [0.717, 1.165) is 0 Å². The van der Waals surface area contributed by atoms with E-state index in [1.54, 1.807) is 77.8 Å². The van der Waals surface area contributed by atoms with Crippen molar-refractivity contribution < 1.29 is 156 Å². The van der Waals surface area contributed by atoms with Gasteiger partial charge in [0.05, 0.1) is 58.5 Å². The smallest absolute Gasteiger partial charge is 0.187 e. The van der Waals surface area contributed by atoms with Gasteiger partial charge in [0.2, 0.25) is 0 Å². The summed E-state index contributed by atoms with van der Waals surface area (Å²) in [6.07, 6.45) is -30.0. The summed E-state index contributed by atoms with van der Waals surface area (Å²) in [7, 11) is 32.2. The van der Waals surface area contributed by atoms with Crippen LogP contribution in [0.15, 0.2) is 0 Å². The van der Waals surface area contributed by atoms with Crippen LogP contribution in [0, 0.1) is 0 Å². The molecular formula is C62H114O33. The summed E-state index contributed by atoms with van der Waals surface area (Å²) in [5, 5.41) is 0. The first kappa shape index (κ1) is 82.6. The van der Waals surface area contributed by atoms with Gasteiger partial charge in [0.1, 0.15) is 146 Å². The second-order valence-electron chi connectivity index (χ2n) is 23.7. The van der Waals surface area contributed by atoms with Crippen LogP contribution in [0.3, 0.4) is 0 Å². The molecule has 0 aromatic heterocycles. The molecule has 0 radical (unpaired) electrons. The van der Waals surface area contributed by atoms with Gasteiger partial charge in [-0.3, -0.25) is 0 Å². The van der Waals surface area contributed by atoms with Crippen molar-refractivity contribution in [2.75, 3.05) is 196 Å². The summed E-state index contributed by atoms with van der Waals surface area (Å²) in [5.41, 5.74) is -1.31. The molecule has 0 saturated carbocycles. The van der Waals surface area contributed by atoms with E-state index < -0.39 is 196 Å². The quantitative estimate of drug-likeness (QED) is 0.0765. The highest BCUT2D eigenvalue weighted by atomic mass is 16.8. The van der Waals surface area contributed by atoms with Crippen molar-refractivity contribution in [1.29, 1.82) is 0 Å². The molecule has 0 aromatic carbocycles. The van der Waals surface area contributed by atoms with Crippen LogP contribution >= 0.6 is 0 Å². The van der Waals surface area contributed by atoms with Crippen LogP contribution < -0.4 is 0 Å². The van der Waals surface area contributed by atoms with Crippen LogP contribution in [0.5, 0.6) is 0 Å². The predicted octanol–water partition coefficient (Wildman–Crippen LogP) is -0.208. The van der Waals surface area contributed by atoms with E-state index in [0.29, 0.717) is 0 Å². The standard InChI is InChI=1S/C62H114O33/c1-31-38(91-61-54(48(78-18)43(73-13)36(90-61)27-66-6)94-59-52(81-21)46(76-16)41(71-11)34(88-59)25-64-4)44(74-14)50(79-19)57(86-31)92-39-32(2)85-56(84-30-62(83-23,29-68-8)37(69-9)28-67-7)55(95-60-53(82-22)47(77-17)42(72-12)35(89-60)26-65-5)49(39)93-58-51(80-20)45(75-15)40(70-10)33(87-58)24-63-3/h31-61H,24-30H2,1-23H3. The summed E-state index contributed by atoms with van der Waals surface area (Å²) in [5.74, 6) is 0. The molecule has 0 bridgehead atoms. The van der Waals surface area contributed by atoms with Crippen LogP contribution in [-0.2, 0) is 156 Å². The van der Waals surface area contributed by atoms with Crippen LogP contribution in [0.2, 0.25) is 0 Å². The molecule has 6 rings (SSSR count). The third-order valence-corrected chi connectivity index (χ3v) is 18.6. The van der Waals surface area contributed by atoms with Crippen molar-refractivity contribution in [3.63, 3.8) is 0 Å². The first-order valence-corrected chi connectivity index (χ1v) is 31.7. The lowest BCUT2D eigenvalue weighted by Gasteiger charge is -2.53. The predicted molar refractivity (Wildman–Crippen MR) is 326 cm³/mol. The van der Waals surface area contributed by atoms with E-state index in [9.17, 15) is 0 Å². The van der Waals surface area contributed by atoms with Gasteiger partial charge in [0.25, 0.3) is 0 Å². The van der Waals surface area contributed by atoms with Gasteiger partial charge in [0, 0.05) is 149 Å². The highest BCUT2D eigenvalue weighted by Crippen LogP contribution is 2.42. The Morgan fingerprint density at radius 3 is 0.842 bits per heavy atom. The van der Waals surface area contributed by atoms with E-state index in [1.165, 1.54) is 85.3 Å². The summed E-state index contributed by atoms with van der Waals surface area (Å²) >= 11 is 0. The van der Waals surface area contributed by atoms with Gasteiger partial charge in [-0.2, -0.15) is 0 Å². The molecule has 32 unspecified atom stereocenters. The van der Waals surface area contributed by atoms with Crippen LogP contribution in [-0.4, -0.2) is 391 Å². The number of ether oxygens (including phenoxy) is 33. The Hall–Kier alpha value is -1.32. The van der Waals surface area contributed by atoms with Gasteiger partial charge < -0.3 is 156 Å². The summed E-state index contributed by atoms with van der Waals surface area (Å²) in [6.45, 7) is 3.75. The maximum atomic E-state index is 7.39. The fourth-order valence-electron chi connectivity index (χ4n) is 13.9. The van der Waals surface area contributed by atoms with E-state index in [-0.39, 0.29) is 46.2 Å². The Balaban J connectivity index is 1.48. The van der Waals surface area contributed by atoms with Crippen LogP contribution in [0.4, 0.5) is 0 Å². The Morgan fingerprint density at radius 1 is 0.263 bits per heavy atom. The largest absolute Gasteiger partial charge is 0.382 e. The van der Waals surface area contributed by atoms with Gasteiger partial charge in [-0.05, 0) is 13.8 Å². The molecule has 6 aliphatic heterocycles. The van der Waals surface area contributed by atoms with E-state index >= 15 is 0 Å². The maximum Gasteiger partial charge on any atom is 0.187 e. The van der Waals surface area contributed by atoms with Crippen LogP contribution in [0.25, 0.3) is 0 Å². The molecule has 6 heterocycles. The molecule has 33 nitrogen and oxygen atoms in total. The lowest BCUT2D eigenvalue weighted by Crippen LogP contribution is -2.69. The summed E-state index contributed by atoms with van der Waals surface area (Å²) in [4.78, 5) is 0. The number of hydrogen-bond acceptors (Lipinski definition) is 33. The first-order valence-electron chi connectivity index (χ1n) is 31.7. The molecule has 560 valence electrons. The minimum absolute atomic E-state index is 0.0151. The lowest BCUT2D eigenvalue weighted by atomic mass is 9.94. The molecule has 0 spiro atoms. The highest BCUT2D eigenvalue weighted by molar-refractivity contribution is 5.03. The molecule has 6 fully saturated rings. The van der Waals surface area contributed by atoms with Crippen molar-refractivity contribution in [3.05, 3.63) is 0 Å². The Bertz CT molecular complexity index is 2070. The average molecular weight is 1390 g/mol. The molecule has 32 atom stereocenters. The van der Waals surface area contributed by atoms with E-state index in [1.807, 2.05) is 0 Å². The Kier molecular flexibility index (Phi) is 35.7. The minimum atomic E-state index is -1.39. The normalized spacial score (nSPS) is 42.2. The molecule has 33 heteroatoms. The van der Waals surface area contributed by atoms with Crippen molar-refractivity contribution in [3.8, 4) is 0 Å². The zero-order valence-electron chi connectivity index (χ0n) is 59.8. The molecule has 0 amide bonds. The zero-order valence-corrected chi connectivity index (χ0v) is 59.8. The Labute approximate surface area is 560 Å². The van der Waals surface area contributed by atoms with Crippen molar-refractivity contribution in [2.45, 2.75) is 210 Å². The first-order chi connectivity index (χ1) is 46.0. The fraction of sp³-hybridized carbons (Fsp3) is 1.00. The third kappa shape index (κ3) is 18.9. The highest BCUT2D eigenvalue weighted by Gasteiger charge is 2.61. The second-order valence-corrected chi connectivity index (χ2v) is 23.7. The number of rotatable bonds is 41. The molecule has 6 saturated heterocycles. The SMILES string of the molecule is COCC1OC(OC2C(OCC(COC)(OC)C(COC)OC)OC(C)C(OC3OC(C)C(OC4OC(COC)C(OC)C(OC)C4OC4OC(COC)C(OC)C(OC)C4OC)C(OC)C3OC)C2OC2OC(COC)C(OC)C(OC)C2OC)C(OC)C(OC)C1OC. The Morgan fingerprint density at radius 2 is 0.537 bits per heavy atom. The number of methoxy groups -OCH3 is 21. The molecule has 95 heavy (non-hydrogen) atoms. The number of hydrogen-bond donors (Lipinski definition) is 0. The van der Waals surface area contributed by atoms with Gasteiger partial charge in [0.15, 0.2) is 37.7 Å². The fourth-order valence-corrected chi connectivity index (χ4v) is 13.9. The van der Waals surface area contributed by atoms with E-state index in [2.05, 4.69) is 0 Å². The molecule has 0 aliphatic carbocycles. The van der Waals surface area contributed by atoms with Crippen molar-refractivity contribution in [2.24, 2.45) is 0 Å². The van der Waals surface area contributed by atoms with Gasteiger partial charge in [-0.15, -0.1) is 0 Å². The molecule has 0 N–H and O–H groups in total. The van der Waals surface area contributed by atoms with Gasteiger partial charge >= 0.3 is 0 Å². The molecule has 0 aromatic rings. The van der Waals surface area contributed by atoms with E-state index in [4.69, 9.17) is 156 Å². The molecular weight excluding hydrogens is 1270 g/mol.